The molecule has 1 saturated heterocycles. The third-order valence-corrected chi connectivity index (χ3v) is 2.81. The van der Waals surface area contributed by atoms with Crippen LogP contribution in [0.5, 0.6) is 0 Å². The highest BCUT2D eigenvalue weighted by Crippen LogP contribution is 2.19. The van der Waals surface area contributed by atoms with Crippen molar-refractivity contribution < 1.29 is 14.4 Å². The Bertz CT molecular complexity index is 338. The Kier molecular flexibility index (Phi) is 3.32. The number of imide groups is 1. The van der Waals surface area contributed by atoms with Crippen molar-refractivity contribution in [2.75, 3.05) is 6.54 Å². The van der Waals surface area contributed by atoms with Gasteiger partial charge in [0.25, 0.3) is 5.91 Å². The summed E-state index contributed by atoms with van der Waals surface area (Å²) in [5.41, 5.74) is 4.60. The smallest absolute Gasteiger partial charge is 0.252 e. The van der Waals surface area contributed by atoms with Crippen molar-refractivity contribution >= 4 is 17.7 Å². The van der Waals surface area contributed by atoms with Crippen LogP contribution in [0.4, 0.5) is 0 Å². The summed E-state index contributed by atoms with van der Waals surface area (Å²) in [6, 6.07) is -0.669. The van der Waals surface area contributed by atoms with Crippen molar-refractivity contribution in [1.29, 1.82) is 0 Å². The molecule has 3 N–H and O–H groups in total. The van der Waals surface area contributed by atoms with E-state index >= 15 is 0 Å². The number of rotatable bonds is 2. The fourth-order valence-electron chi connectivity index (χ4n) is 1.51. The van der Waals surface area contributed by atoms with Crippen molar-refractivity contribution in [1.82, 2.24) is 10.2 Å². The van der Waals surface area contributed by atoms with E-state index in [1.54, 1.807) is 20.8 Å². The number of hydrogen-bond acceptors (Lipinski definition) is 4. The number of carbonyl (C=O) groups is 3. The molecule has 0 bridgehead atoms. The molecule has 0 radical (unpaired) electrons. The third kappa shape index (κ3) is 2.06. The van der Waals surface area contributed by atoms with Crippen LogP contribution in [0.25, 0.3) is 0 Å². The summed E-state index contributed by atoms with van der Waals surface area (Å²) < 4.78 is 0. The molecular weight excluding hydrogens is 210 g/mol. The number of nitrogens with one attached hydrogen (secondary N) is 1. The molecule has 90 valence electrons. The molecule has 6 nitrogen and oxygen atoms in total. The summed E-state index contributed by atoms with van der Waals surface area (Å²) >= 11 is 0. The molecule has 1 fully saturated rings. The van der Waals surface area contributed by atoms with Gasteiger partial charge in [0.15, 0.2) is 0 Å². The quantitative estimate of drug-likeness (QED) is 0.591. The van der Waals surface area contributed by atoms with E-state index in [1.807, 2.05) is 0 Å². The monoisotopic (exact) mass is 227 g/mol. The summed E-state index contributed by atoms with van der Waals surface area (Å²) in [5.74, 6) is -1.31. The van der Waals surface area contributed by atoms with E-state index in [4.69, 9.17) is 5.73 Å². The fraction of sp³-hybridized carbons (Fsp3) is 0.700. The van der Waals surface area contributed by atoms with Crippen LogP contribution in [0, 0.1) is 0 Å². The lowest BCUT2D eigenvalue weighted by molar-refractivity contribution is -0.156. The Morgan fingerprint density at radius 1 is 1.56 bits per heavy atom. The summed E-state index contributed by atoms with van der Waals surface area (Å²) in [6.45, 7) is 4.84. The normalized spacial score (nSPS) is 21.6. The molecular formula is C10H17N3O3. The van der Waals surface area contributed by atoms with Gasteiger partial charge in [-0.1, -0.05) is 6.92 Å². The predicted molar refractivity (Wildman–Crippen MR) is 57.2 cm³/mol. The van der Waals surface area contributed by atoms with Gasteiger partial charge in [-0.2, -0.15) is 0 Å². The number of nitrogens with two attached hydrogens (primary N) is 1. The summed E-state index contributed by atoms with van der Waals surface area (Å²) in [4.78, 5) is 35.9. The minimum Gasteiger partial charge on any atom is -0.320 e. The van der Waals surface area contributed by atoms with Gasteiger partial charge < -0.3 is 10.6 Å². The first-order valence-electron chi connectivity index (χ1n) is 5.22. The minimum atomic E-state index is -1.03. The summed E-state index contributed by atoms with van der Waals surface area (Å²) in [5, 5.41) is 2.20. The maximum Gasteiger partial charge on any atom is 0.252 e. The van der Waals surface area contributed by atoms with E-state index in [1.165, 1.54) is 4.90 Å². The minimum absolute atomic E-state index is 0.120. The van der Waals surface area contributed by atoms with Gasteiger partial charge in [0.1, 0.15) is 12.1 Å². The van der Waals surface area contributed by atoms with Gasteiger partial charge in [0.05, 0.1) is 6.04 Å². The Balaban J connectivity index is 2.96. The average molecular weight is 227 g/mol. The Morgan fingerprint density at radius 2 is 2.12 bits per heavy atom. The highest BCUT2D eigenvalue weighted by molar-refractivity contribution is 6.06. The van der Waals surface area contributed by atoms with Gasteiger partial charge in [-0.25, -0.2) is 0 Å². The average Bonchev–Trinajstić information content (AvgIpc) is 2.21. The lowest BCUT2D eigenvalue weighted by Gasteiger charge is -2.41. The second-order valence-corrected chi connectivity index (χ2v) is 4.38. The molecule has 1 aliphatic rings. The highest BCUT2D eigenvalue weighted by atomic mass is 16.2. The van der Waals surface area contributed by atoms with Gasteiger partial charge in [0.2, 0.25) is 11.8 Å². The first kappa shape index (κ1) is 12.6. The molecule has 0 saturated carbocycles. The summed E-state index contributed by atoms with van der Waals surface area (Å²) in [6.07, 6.45) is 0.473. The molecule has 1 aliphatic heterocycles. The predicted octanol–water partition coefficient (Wildman–Crippen LogP) is -1.01. The molecule has 0 aromatic rings. The van der Waals surface area contributed by atoms with Gasteiger partial charge in [-0.15, -0.1) is 0 Å². The van der Waals surface area contributed by atoms with E-state index in [2.05, 4.69) is 5.32 Å². The number of hydrogen-bond donors (Lipinski definition) is 2. The number of piperazine rings is 1. The van der Waals surface area contributed by atoms with Crippen LogP contribution in [0.1, 0.15) is 27.2 Å². The van der Waals surface area contributed by atoms with Gasteiger partial charge in [0, 0.05) is 0 Å². The highest BCUT2D eigenvalue weighted by Gasteiger charge is 2.44. The molecule has 1 rings (SSSR count). The number of amides is 3. The number of nitrogens with zero attached hydrogens (tertiary/aromatic N) is 1. The van der Waals surface area contributed by atoms with Crippen molar-refractivity contribution in [3.8, 4) is 0 Å². The van der Waals surface area contributed by atoms with E-state index in [0.29, 0.717) is 6.42 Å². The van der Waals surface area contributed by atoms with Crippen molar-refractivity contribution in [3.63, 3.8) is 0 Å². The van der Waals surface area contributed by atoms with Crippen LogP contribution in [-0.2, 0) is 14.4 Å². The van der Waals surface area contributed by atoms with Crippen molar-refractivity contribution in [2.45, 2.75) is 38.8 Å². The largest absolute Gasteiger partial charge is 0.320 e. The molecule has 1 unspecified atom stereocenters. The third-order valence-electron chi connectivity index (χ3n) is 2.81. The van der Waals surface area contributed by atoms with Crippen LogP contribution in [0.2, 0.25) is 0 Å². The first-order chi connectivity index (χ1) is 7.30. The van der Waals surface area contributed by atoms with E-state index < -0.39 is 23.4 Å². The Hall–Kier alpha value is -1.43. The molecule has 16 heavy (non-hydrogen) atoms. The second kappa shape index (κ2) is 4.21. The zero-order valence-corrected chi connectivity index (χ0v) is 9.74. The van der Waals surface area contributed by atoms with Crippen LogP contribution in [0.3, 0.4) is 0 Å². The van der Waals surface area contributed by atoms with Crippen LogP contribution in [-0.4, -0.2) is 40.7 Å². The zero-order chi connectivity index (χ0) is 12.5. The zero-order valence-electron chi connectivity index (χ0n) is 9.74. The molecule has 0 spiro atoms. The van der Waals surface area contributed by atoms with Gasteiger partial charge in [-0.3, -0.25) is 19.7 Å². The van der Waals surface area contributed by atoms with Crippen molar-refractivity contribution in [3.05, 3.63) is 0 Å². The maximum absolute atomic E-state index is 11.9. The molecule has 1 atom stereocenters. The molecule has 0 aliphatic carbocycles. The lowest BCUT2D eigenvalue weighted by atomic mass is 9.97. The molecule has 0 aromatic heterocycles. The summed E-state index contributed by atoms with van der Waals surface area (Å²) in [7, 11) is 0. The van der Waals surface area contributed by atoms with E-state index in [9.17, 15) is 14.4 Å². The van der Waals surface area contributed by atoms with Crippen LogP contribution < -0.4 is 11.1 Å². The lowest BCUT2D eigenvalue weighted by Crippen LogP contribution is -2.67. The molecule has 3 amide bonds. The maximum atomic E-state index is 11.9. The Labute approximate surface area is 94.2 Å². The van der Waals surface area contributed by atoms with Gasteiger partial charge in [-0.05, 0) is 20.3 Å². The molecule has 0 aromatic carbocycles. The fourth-order valence-corrected chi connectivity index (χ4v) is 1.51. The van der Waals surface area contributed by atoms with E-state index in [0.717, 1.165) is 0 Å². The topological polar surface area (TPSA) is 92.5 Å². The van der Waals surface area contributed by atoms with Crippen LogP contribution >= 0.6 is 0 Å². The number of carbonyl (C=O) groups excluding carboxylic acids is 3. The standard InChI is InChI=1S/C10H17N3O3/c1-4-6(11)8(15)13-5-7(14)12-9(16)10(13,2)3/h6H,4-5,11H2,1-3H3,(H,12,14,16). The van der Waals surface area contributed by atoms with Crippen molar-refractivity contribution in [2.24, 2.45) is 5.73 Å². The molecule has 6 heteroatoms. The SMILES string of the molecule is CCC(N)C(=O)N1CC(=O)NC(=O)C1(C)C. The van der Waals surface area contributed by atoms with Gasteiger partial charge >= 0.3 is 0 Å². The van der Waals surface area contributed by atoms with E-state index in [-0.39, 0.29) is 12.5 Å². The first-order valence-corrected chi connectivity index (χ1v) is 5.22. The van der Waals surface area contributed by atoms with Crippen LogP contribution in [0.15, 0.2) is 0 Å². The Morgan fingerprint density at radius 3 is 2.62 bits per heavy atom. The molecule has 1 heterocycles. The second-order valence-electron chi connectivity index (χ2n) is 4.38.